The SMILES string of the molecule is CC(=O)OC[C@H]1O[C@@H](OC[C@H]2O[C@@H]3OC(C)(C)O[C@@H]3[C@H]3OC(C)(C)O[C@H]32)[C@H](N2C(=O)c3ccccc3C2=O)[C@@H](OC(C)=O)[C@@H]1OC(C)=O. The summed E-state index contributed by atoms with van der Waals surface area (Å²) in [5.41, 5.74) is 0.219. The maximum Gasteiger partial charge on any atom is 0.303 e. The van der Waals surface area contributed by atoms with Gasteiger partial charge in [-0.05, 0) is 39.8 Å². The number of carbonyl (C=O) groups excluding carboxylic acids is 5. The molecule has 5 aliphatic heterocycles. The average Bonchev–Trinajstić information content (AvgIpc) is 3.58. The highest BCUT2D eigenvalue weighted by molar-refractivity contribution is 6.21. The summed E-state index contributed by atoms with van der Waals surface area (Å²) in [4.78, 5) is 65.1. The quantitative estimate of drug-likeness (QED) is 0.217. The number of nitrogens with zero attached hydrogens (tertiary/aromatic N) is 1. The van der Waals surface area contributed by atoms with Gasteiger partial charge < -0.3 is 47.4 Å². The van der Waals surface area contributed by atoms with E-state index < -0.39 is 109 Å². The van der Waals surface area contributed by atoms with E-state index >= 15 is 0 Å². The van der Waals surface area contributed by atoms with Crippen molar-refractivity contribution in [3.63, 3.8) is 0 Å². The number of rotatable bonds is 8. The molecule has 6 rings (SSSR count). The van der Waals surface area contributed by atoms with Crippen LogP contribution in [-0.2, 0) is 61.8 Å². The zero-order valence-electron chi connectivity index (χ0n) is 27.6. The number of benzene rings is 1. The molecule has 4 fully saturated rings. The molecular formula is C32H39NO15. The Hall–Kier alpha value is -3.51. The van der Waals surface area contributed by atoms with Gasteiger partial charge in [0.25, 0.3) is 11.8 Å². The van der Waals surface area contributed by atoms with E-state index in [-0.39, 0.29) is 17.7 Å². The van der Waals surface area contributed by atoms with E-state index in [0.717, 1.165) is 18.7 Å². The third-order valence-electron chi connectivity index (χ3n) is 8.47. The Bertz CT molecular complexity index is 1440. The molecule has 0 aliphatic carbocycles. The van der Waals surface area contributed by atoms with Crippen LogP contribution in [0, 0.1) is 0 Å². The first kappa shape index (κ1) is 34.4. The average molecular weight is 678 g/mol. The van der Waals surface area contributed by atoms with Crippen LogP contribution in [0.2, 0.25) is 0 Å². The minimum atomic E-state index is -1.52. The third-order valence-corrected chi connectivity index (χ3v) is 8.47. The lowest BCUT2D eigenvalue weighted by Crippen LogP contribution is -2.68. The lowest BCUT2D eigenvalue weighted by atomic mass is 9.94. The molecule has 0 spiro atoms. The number of fused-ring (bicyclic) bond motifs is 4. The molecule has 0 bridgehead atoms. The molecule has 262 valence electrons. The Kier molecular flexibility index (Phi) is 9.12. The molecule has 48 heavy (non-hydrogen) atoms. The van der Waals surface area contributed by atoms with Crippen LogP contribution < -0.4 is 0 Å². The monoisotopic (exact) mass is 677 g/mol. The summed E-state index contributed by atoms with van der Waals surface area (Å²) in [6.45, 7) is 9.71. The van der Waals surface area contributed by atoms with Crippen molar-refractivity contribution in [3.8, 4) is 0 Å². The molecule has 0 N–H and O–H groups in total. The largest absolute Gasteiger partial charge is 0.463 e. The van der Waals surface area contributed by atoms with Gasteiger partial charge in [0, 0.05) is 20.8 Å². The maximum absolute atomic E-state index is 13.8. The number of esters is 3. The van der Waals surface area contributed by atoms with Crippen LogP contribution >= 0.6 is 0 Å². The molecular weight excluding hydrogens is 638 g/mol. The summed E-state index contributed by atoms with van der Waals surface area (Å²) < 4.78 is 59.7. The fraction of sp³-hybridized carbons (Fsp3) is 0.656. The summed E-state index contributed by atoms with van der Waals surface area (Å²) in [6, 6.07) is 4.70. The Labute approximate surface area is 276 Å². The number of ether oxygens (including phenoxy) is 10. The lowest BCUT2D eigenvalue weighted by Gasteiger charge is -2.47. The van der Waals surface area contributed by atoms with E-state index in [1.165, 1.54) is 19.1 Å². The summed E-state index contributed by atoms with van der Waals surface area (Å²) in [7, 11) is 0. The molecule has 5 aliphatic rings. The second-order valence-electron chi connectivity index (χ2n) is 13.1. The fourth-order valence-corrected chi connectivity index (χ4v) is 6.79. The predicted octanol–water partition coefficient (Wildman–Crippen LogP) is 1.22. The predicted molar refractivity (Wildman–Crippen MR) is 156 cm³/mol. The Morgan fingerprint density at radius 1 is 0.708 bits per heavy atom. The van der Waals surface area contributed by atoms with Crippen LogP contribution in [-0.4, -0.2) is 121 Å². The van der Waals surface area contributed by atoms with Crippen LogP contribution in [0.15, 0.2) is 24.3 Å². The Morgan fingerprint density at radius 2 is 1.27 bits per heavy atom. The minimum absolute atomic E-state index is 0.109. The van der Waals surface area contributed by atoms with Crippen molar-refractivity contribution < 1.29 is 71.3 Å². The highest BCUT2D eigenvalue weighted by Crippen LogP contribution is 2.44. The Morgan fingerprint density at radius 3 is 1.88 bits per heavy atom. The van der Waals surface area contributed by atoms with Crippen molar-refractivity contribution in [2.24, 2.45) is 0 Å². The number of carbonyl (C=O) groups is 5. The van der Waals surface area contributed by atoms with Gasteiger partial charge in [0.15, 0.2) is 36.4 Å². The van der Waals surface area contributed by atoms with E-state index in [0.29, 0.717) is 0 Å². The maximum atomic E-state index is 13.8. The first-order valence-corrected chi connectivity index (χ1v) is 15.6. The second-order valence-corrected chi connectivity index (χ2v) is 13.1. The Balaban J connectivity index is 1.35. The van der Waals surface area contributed by atoms with Gasteiger partial charge in [-0.15, -0.1) is 0 Å². The molecule has 1 aromatic carbocycles. The second kappa shape index (κ2) is 12.7. The first-order valence-electron chi connectivity index (χ1n) is 15.6. The standard InChI is InChI=1S/C32H39NO15/c1-14(34)39-12-19-22(41-15(2)35)24(42-16(3)36)21(33-27(37)17-10-8-9-11-18(17)28(33)38)29(43-19)40-13-20-23-25(46-31(4,5)45-23)26-30(44-20)48-32(6,7)47-26/h8-11,19-26,29-30H,12-13H2,1-7H3/t19-,20-,21-,22-,23+,24-,25+,26-,29-,30-/m1/s1. The molecule has 4 saturated heterocycles. The number of imide groups is 1. The van der Waals surface area contributed by atoms with Gasteiger partial charge in [-0.3, -0.25) is 28.9 Å². The van der Waals surface area contributed by atoms with E-state index in [9.17, 15) is 24.0 Å². The van der Waals surface area contributed by atoms with Crippen molar-refractivity contribution in [1.29, 1.82) is 0 Å². The number of hydrogen-bond acceptors (Lipinski definition) is 15. The van der Waals surface area contributed by atoms with Gasteiger partial charge >= 0.3 is 17.9 Å². The molecule has 0 unspecified atom stereocenters. The van der Waals surface area contributed by atoms with Crippen molar-refractivity contribution in [1.82, 2.24) is 4.90 Å². The summed E-state index contributed by atoms with van der Waals surface area (Å²) >= 11 is 0. The molecule has 10 atom stereocenters. The molecule has 0 aromatic heterocycles. The first-order chi connectivity index (χ1) is 22.5. The third kappa shape index (κ3) is 6.57. The molecule has 0 saturated carbocycles. The van der Waals surface area contributed by atoms with Crippen LogP contribution in [0.25, 0.3) is 0 Å². The van der Waals surface area contributed by atoms with Crippen LogP contribution in [0.1, 0.15) is 69.2 Å². The molecule has 2 amide bonds. The van der Waals surface area contributed by atoms with Crippen molar-refractivity contribution in [2.75, 3.05) is 13.2 Å². The summed E-state index contributed by atoms with van der Waals surface area (Å²) in [6.07, 6.45) is -9.29. The van der Waals surface area contributed by atoms with Gasteiger partial charge in [0.1, 0.15) is 43.2 Å². The molecule has 16 nitrogen and oxygen atoms in total. The van der Waals surface area contributed by atoms with E-state index in [1.54, 1.807) is 39.8 Å². The normalized spacial score (nSPS) is 36.2. The molecule has 16 heteroatoms. The smallest absolute Gasteiger partial charge is 0.303 e. The van der Waals surface area contributed by atoms with Crippen LogP contribution in [0.5, 0.6) is 0 Å². The van der Waals surface area contributed by atoms with Gasteiger partial charge in [0.05, 0.1) is 17.7 Å². The minimum Gasteiger partial charge on any atom is -0.463 e. The molecule has 0 radical (unpaired) electrons. The van der Waals surface area contributed by atoms with Crippen molar-refractivity contribution in [3.05, 3.63) is 35.4 Å². The van der Waals surface area contributed by atoms with E-state index in [2.05, 4.69) is 0 Å². The highest BCUT2D eigenvalue weighted by Gasteiger charge is 2.62. The van der Waals surface area contributed by atoms with Gasteiger partial charge in [-0.25, -0.2) is 0 Å². The highest BCUT2D eigenvalue weighted by atomic mass is 16.9. The zero-order valence-corrected chi connectivity index (χ0v) is 27.6. The van der Waals surface area contributed by atoms with Gasteiger partial charge in [-0.1, -0.05) is 12.1 Å². The zero-order chi connectivity index (χ0) is 34.7. The van der Waals surface area contributed by atoms with Gasteiger partial charge in [-0.2, -0.15) is 0 Å². The number of amides is 2. The fourth-order valence-electron chi connectivity index (χ4n) is 6.79. The number of hydrogen-bond donors (Lipinski definition) is 0. The topological polar surface area (TPSA) is 181 Å². The summed E-state index contributed by atoms with van der Waals surface area (Å²) in [5.74, 6) is -5.65. The van der Waals surface area contributed by atoms with E-state index in [1.807, 2.05) is 0 Å². The van der Waals surface area contributed by atoms with Crippen molar-refractivity contribution >= 4 is 29.7 Å². The molecule has 5 heterocycles. The lowest BCUT2D eigenvalue weighted by molar-refractivity contribution is -0.302. The van der Waals surface area contributed by atoms with E-state index in [4.69, 9.17) is 47.4 Å². The van der Waals surface area contributed by atoms with Crippen LogP contribution in [0.3, 0.4) is 0 Å². The summed E-state index contributed by atoms with van der Waals surface area (Å²) in [5, 5.41) is 0. The van der Waals surface area contributed by atoms with Crippen LogP contribution in [0.4, 0.5) is 0 Å². The molecule has 1 aromatic rings. The van der Waals surface area contributed by atoms with Crippen molar-refractivity contribution in [2.45, 2.75) is 121 Å². The van der Waals surface area contributed by atoms with Gasteiger partial charge in [0.2, 0.25) is 0 Å².